The molecule has 0 aliphatic carbocycles. The molecule has 1 heterocycles. The number of anilines is 2. The summed E-state index contributed by atoms with van der Waals surface area (Å²) in [7, 11) is 0. The molecule has 6 heteroatoms. The molecular weight excluding hydrogens is 416 g/mol. The molecular formula is C27H20N2O4. The maximum Gasteiger partial charge on any atom is 0.193 e. The highest BCUT2D eigenvalue weighted by atomic mass is 16.5. The van der Waals surface area contributed by atoms with E-state index in [1.165, 1.54) is 6.07 Å². The summed E-state index contributed by atoms with van der Waals surface area (Å²) in [6, 6.07) is 28.1. The molecule has 162 valence electrons. The Kier molecular flexibility index (Phi) is 5.16. The predicted molar refractivity (Wildman–Crippen MR) is 130 cm³/mol. The summed E-state index contributed by atoms with van der Waals surface area (Å²) >= 11 is 0. The van der Waals surface area contributed by atoms with E-state index in [-0.39, 0.29) is 5.43 Å². The fourth-order valence-corrected chi connectivity index (χ4v) is 3.42. The fraction of sp³-hybridized carbons (Fsp3) is 0. The lowest BCUT2D eigenvalue weighted by Gasteiger charge is -2.12. The zero-order chi connectivity index (χ0) is 22.8. The Morgan fingerprint density at radius 1 is 0.606 bits per heavy atom. The molecule has 0 saturated carbocycles. The van der Waals surface area contributed by atoms with Crippen LogP contribution in [0.4, 0.5) is 11.4 Å². The average molecular weight is 436 g/mol. The second kappa shape index (κ2) is 8.43. The molecule has 1 aromatic heterocycles. The SMILES string of the molecule is Nc1ccc(Oc2cc(Oc3ccc(N)cc3)cc(-c3cc(=O)c4ccccc4o3)c2)cc1. The minimum absolute atomic E-state index is 0.127. The van der Waals surface area contributed by atoms with Gasteiger partial charge in [0.1, 0.15) is 34.3 Å². The molecule has 0 unspecified atom stereocenters. The van der Waals surface area contributed by atoms with Crippen molar-refractivity contribution >= 4 is 22.3 Å². The van der Waals surface area contributed by atoms with Crippen molar-refractivity contribution in [3.63, 3.8) is 0 Å². The van der Waals surface area contributed by atoms with Crippen molar-refractivity contribution in [1.82, 2.24) is 0 Å². The first-order chi connectivity index (χ1) is 16.0. The number of para-hydroxylation sites is 1. The molecule has 0 aliphatic rings. The lowest BCUT2D eigenvalue weighted by Crippen LogP contribution is -2.00. The third-order valence-corrected chi connectivity index (χ3v) is 5.03. The lowest BCUT2D eigenvalue weighted by molar-refractivity contribution is 0.460. The molecule has 0 bridgehead atoms. The van der Waals surface area contributed by atoms with Crippen LogP contribution < -0.4 is 26.4 Å². The van der Waals surface area contributed by atoms with Gasteiger partial charge in [-0.2, -0.15) is 0 Å². The number of hydrogen-bond donors (Lipinski definition) is 2. The quantitative estimate of drug-likeness (QED) is 0.318. The summed E-state index contributed by atoms with van der Waals surface area (Å²) in [6.45, 7) is 0. The highest BCUT2D eigenvalue weighted by Gasteiger charge is 2.12. The first-order valence-electron chi connectivity index (χ1n) is 10.3. The number of ether oxygens (including phenoxy) is 2. The first kappa shape index (κ1) is 20.2. The van der Waals surface area contributed by atoms with Gasteiger partial charge in [0.05, 0.1) is 5.39 Å². The number of rotatable bonds is 5. The van der Waals surface area contributed by atoms with E-state index in [0.717, 1.165) is 0 Å². The molecule has 0 radical (unpaired) electrons. The van der Waals surface area contributed by atoms with Gasteiger partial charge in [-0.05, 0) is 72.8 Å². The molecule has 6 nitrogen and oxygen atoms in total. The van der Waals surface area contributed by atoms with E-state index in [2.05, 4.69) is 0 Å². The summed E-state index contributed by atoms with van der Waals surface area (Å²) < 4.78 is 18.1. The van der Waals surface area contributed by atoms with Gasteiger partial charge in [0.15, 0.2) is 5.43 Å². The van der Waals surface area contributed by atoms with Crippen molar-refractivity contribution < 1.29 is 13.9 Å². The summed E-state index contributed by atoms with van der Waals surface area (Å²) in [5.74, 6) is 2.65. The Labute approximate surface area is 189 Å². The summed E-state index contributed by atoms with van der Waals surface area (Å²) in [4.78, 5) is 12.6. The van der Waals surface area contributed by atoms with Gasteiger partial charge in [0.25, 0.3) is 0 Å². The van der Waals surface area contributed by atoms with Crippen molar-refractivity contribution in [2.45, 2.75) is 0 Å². The standard InChI is InChI=1S/C27H20N2O4/c28-18-5-9-20(10-6-18)31-22-13-17(14-23(15-22)32-21-11-7-19(29)8-12-21)27-16-25(30)24-3-1-2-4-26(24)33-27/h1-16H,28-29H2. The van der Waals surface area contributed by atoms with Crippen LogP contribution in [-0.4, -0.2) is 0 Å². The summed E-state index contributed by atoms with van der Waals surface area (Å²) in [5, 5.41) is 0.522. The Morgan fingerprint density at radius 3 is 1.73 bits per heavy atom. The minimum atomic E-state index is -0.127. The van der Waals surface area contributed by atoms with E-state index < -0.39 is 0 Å². The van der Waals surface area contributed by atoms with Gasteiger partial charge in [-0.25, -0.2) is 0 Å². The van der Waals surface area contributed by atoms with E-state index in [0.29, 0.717) is 56.7 Å². The van der Waals surface area contributed by atoms with Crippen molar-refractivity contribution in [2.24, 2.45) is 0 Å². The molecule has 4 N–H and O–H groups in total. The van der Waals surface area contributed by atoms with Gasteiger partial charge < -0.3 is 25.4 Å². The van der Waals surface area contributed by atoms with E-state index in [4.69, 9.17) is 25.4 Å². The number of nitrogens with two attached hydrogens (primary N) is 2. The zero-order valence-electron chi connectivity index (χ0n) is 17.5. The van der Waals surface area contributed by atoms with E-state index in [1.807, 2.05) is 6.07 Å². The first-order valence-corrected chi connectivity index (χ1v) is 10.3. The van der Waals surface area contributed by atoms with Crippen molar-refractivity contribution in [2.75, 3.05) is 11.5 Å². The van der Waals surface area contributed by atoms with Crippen LogP contribution in [0.1, 0.15) is 0 Å². The summed E-state index contributed by atoms with van der Waals surface area (Å²) in [6.07, 6.45) is 0. The maximum atomic E-state index is 12.6. The Morgan fingerprint density at radius 2 is 1.15 bits per heavy atom. The Hall–Kier alpha value is -4.71. The molecule has 0 fully saturated rings. The lowest BCUT2D eigenvalue weighted by atomic mass is 10.1. The van der Waals surface area contributed by atoms with Gasteiger partial charge in [0, 0.05) is 29.1 Å². The molecule has 5 aromatic rings. The van der Waals surface area contributed by atoms with Gasteiger partial charge >= 0.3 is 0 Å². The minimum Gasteiger partial charge on any atom is -0.457 e. The zero-order valence-corrected chi connectivity index (χ0v) is 17.5. The smallest absolute Gasteiger partial charge is 0.193 e. The van der Waals surface area contributed by atoms with Gasteiger partial charge in [-0.15, -0.1) is 0 Å². The number of fused-ring (bicyclic) bond motifs is 1. The largest absolute Gasteiger partial charge is 0.457 e. The molecule has 0 spiro atoms. The topological polar surface area (TPSA) is 101 Å². The predicted octanol–water partition coefficient (Wildman–Crippen LogP) is 6.21. The van der Waals surface area contributed by atoms with E-state index in [1.54, 1.807) is 84.9 Å². The number of nitrogen functional groups attached to an aromatic ring is 2. The van der Waals surface area contributed by atoms with Crippen molar-refractivity contribution in [3.8, 4) is 34.3 Å². The van der Waals surface area contributed by atoms with Crippen LogP contribution in [-0.2, 0) is 0 Å². The van der Waals surface area contributed by atoms with E-state index in [9.17, 15) is 4.79 Å². The van der Waals surface area contributed by atoms with Crippen LogP contribution in [0.2, 0.25) is 0 Å². The van der Waals surface area contributed by atoms with Crippen LogP contribution in [0.3, 0.4) is 0 Å². The molecule has 0 atom stereocenters. The van der Waals surface area contributed by atoms with E-state index >= 15 is 0 Å². The fourth-order valence-electron chi connectivity index (χ4n) is 3.42. The van der Waals surface area contributed by atoms with Crippen LogP contribution in [0.5, 0.6) is 23.0 Å². The van der Waals surface area contributed by atoms with Crippen LogP contribution in [0, 0.1) is 0 Å². The molecule has 0 aliphatic heterocycles. The summed E-state index contributed by atoms with van der Waals surface area (Å²) in [5.41, 5.74) is 13.8. The number of hydrogen-bond acceptors (Lipinski definition) is 6. The molecule has 5 rings (SSSR count). The van der Waals surface area contributed by atoms with Gasteiger partial charge in [0.2, 0.25) is 0 Å². The second-order valence-electron chi connectivity index (χ2n) is 7.51. The third-order valence-electron chi connectivity index (χ3n) is 5.03. The normalized spacial score (nSPS) is 10.8. The monoisotopic (exact) mass is 436 g/mol. The van der Waals surface area contributed by atoms with Crippen LogP contribution in [0.25, 0.3) is 22.3 Å². The Balaban J connectivity index is 1.59. The molecule has 0 amide bonds. The average Bonchev–Trinajstić information content (AvgIpc) is 2.82. The molecule has 33 heavy (non-hydrogen) atoms. The maximum absolute atomic E-state index is 12.6. The number of benzene rings is 4. The Bertz CT molecular complexity index is 1420. The highest BCUT2D eigenvalue weighted by molar-refractivity contribution is 5.79. The molecule has 4 aromatic carbocycles. The van der Waals surface area contributed by atoms with Gasteiger partial charge in [-0.3, -0.25) is 4.79 Å². The van der Waals surface area contributed by atoms with Gasteiger partial charge in [-0.1, -0.05) is 12.1 Å². The second-order valence-corrected chi connectivity index (χ2v) is 7.51. The highest BCUT2D eigenvalue weighted by Crippen LogP contribution is 2.35. The van der Waals surface area contributed by atoms with Crippen molar-refractivity contribution in [1.29, 1.82) is 0 Å². The van der Waals surface area contributed by atoms with Crippen LogP contribution in [0.15, 0.2) is 106 Å². The third kappa shape index (κ3) is 4.50. The van der Waals surface area contributed by atoms with Crippen LogP contribution >= 0.6 is 0 Å². The molecule has 0 saturated heterocycles. The van der Waals surface area contributed by atoms with Crippen molar-refractivity contribution in [3.05, 3.63) is 107 Å².